The summed E-state index contributed by atoms with van der Waals surface area (Å²) in [6.45, 7) is 0. The SMILES string of the molecule is N#Cc1cc(-n2c3ccc(C#N)cc3c3cc(C#N)ccc32)c(-c2cc(-c3ccccc3)nc(-c3ccccc3)c2)c(-n2c3ccc(C#N)cc3c3cc(C#N)ccc32)c1. The van der Waals surface area contributed by atoms with E-state index in [2.05, 4.69) is 51.6 Å². The number of pyridine rings is 1. The van der Waals surface area contributed by atoms with Crippen molar-refractivity contribution in [2.24, 2.45) is 0 Å². The Balaban J connectivity index is 1.43. The van der Waals surface area contributed by atoms with Crippen LogP contribution in [0.15, 0.2) is 158 Å². The minimum atomic E-state index is 0.388. The summed E-state index contributed by atoms with van der Waals surface area (Å²) in [4.78, 5) is 5.21. The summed E-state index contributed by atoms with van der Waals surface area (Å²) in [5.41, 5.74) is 11.7. The Morgan fingerprint density at radius 3 is 0.983 bits per heavy atom. The summed E-state index contributed by atoms with van der Waals surface area (Å²) in [6, 6.07) is 61.5. The zero-order valence-electron chi connectivity index (χ0n) is 31.6. The molecule has 0 saturated carbocycles. The van der Waals surface area contributed by atoms with Gasteiger partial charge in [-0.25, -0.2) is 4.98 Å². The van der Waals surface area contributed by atoms with Gasteiger partial charge in [0, 0.05) is 38.2 Å². The lowest BCUT2D eigenvalue weighted by molar-refractivity contribution is 1.13. The highest BCUT2D eigenvalue weighted by atomic mass is 15.0. The second-order valence-corrected chi connectivity index (χ2v) is 14.4. The zero-order chi connectivity index (χ0) is 40.9. The van der Waals surface area contributed by atoms with E-state index in [4.69, 9.17) is 4.98 Å². The molecule has 3 heterocycles. The van der Waals surface area contributed by atoms with Crippen LogP contribution in [0.4, 0.5) is 0 Å². The molecule has 0 amide bonds. The number of nitriles is 5. The lowest BCUT2D eigenvalue weighted by atomic mass is 9.95. The van der Waals surface area contributed by atoms with Crippen LogP contribution in [-0.4, -0.2) is 14.1 Å². The van der Waals surface area contributed by atoms with E-state index in [0.717, 1.165) is 77.3 Å². The summed E-state index contributed by atoms with van der Waals surface area (Å²) >= 11 is 0. The third-order valence-electron chi connectivity index (χ3n) is 11.0. The molecule has 0 radical (unpaired) electrons. The highest BCUT2D eigenvalue weighted by molar-refractivity contribution is 6.13. The Hall–Kier alpha value is -9.26. The Morgan fingerprint density at radius 2 is 0.667 bits per heavy atom. The van der Waals surface area contributed by atoms with Gasteiger partial charge >= 0.3 is 0 Å². The van der Waals surface area contributed by atoms with Gasteiger partial charge < -0.3 is 9.13 Å². The highest BCUT2D eigenvalue weighted by Crippen LogP contribution is 2.44. The van der Waals surface area contributed by atoms with Gasteiger partial charge in [-0.3, -0.25) is 0 Å². The molecule has 274 valence electrons. The minimum Gasteiger partial charge on any atom is -0.308 e. The van der Waals surface area contributed by atoms with Crippen molar-refractivity contribution in [2.75, 3.05) is 0 Å². The van der Waals surface area contributed by atoms with Gasteiger partial charge in [0.15, 0.2) is 0 Å². The zero-order valence-corrected chi connectivity index (χ0v) is 31.6. The highest BCUT2D eigenvalue weighted by Gasteiger charge is 2.25. The summed E-state index contributed by atoms with van der Waals surface area (Å²) in [5, 5.41) is 53.9. The van der Waals surface area contributed by atoms with E-state index < -0.39 is 0 Å². The van der Waals surface area contributed by atoms with Gasteiger partial charge in [-0.05, 0) is 103 Å². The smallest absolute Gasteiger partial charge is 0.0993 e. The van der Waals surface area contributed by atoms with E-state index in [-0.39, 0.29) is 0 Å². The van der Waals surface area contributed by atoms with Crippen LogP contribution in [0.25, 0.3) is 88.6 Å². The number of benzene rings is 7. The molecule has 0 fully saturated rings. The van der Waals surface area contributed by atoms with Crippen molar-refractivity contribution in [1.29, 1.82) is 26.3 Å². The average Bonchev–Trinajstić information content (AvgIpc) is 3.82. The van der Waals surface area contributed by atoms with Crippen LogP contribution in [0.2, 0.25) is 0 Å². The topological polar surface area (TPSA) is 142 Å². The Bertz CT molecular complexity index is 3280. The number of aromatic nitrogens is 3. The number of rotatable bonds is 5. The molecule has 3 aromatic heterocycles. The molecule has 0 bridgehead atoms. The van der Waals surface area contributed by atoms with Crippen molar-refractivity contribution in [3.8, 4) is 75.4 Å². The Kier molecular flexibility index (Phi) is 8.23. The second-order valence-electron chi connectivity index (χ2n) is 14.4. The maximum Gasteiger partial charge on any atom is 0.0993 e. The van der Waals surface area contributed by atoms with Gasteiger partial charge in [0.2, 0.25) is 0 Å². The first-order valence-corrected chi connectivity index (χ1v) is 19.0. The lowest BCUT2D eigenvalue weighted by Gasteiger charge is -2.22. The average molecular weight is 763 g/mol. The fraction of sp³-hybridized carbons (Fsp3) is 0. The molecule has 8 nitrogen and oxygen atoms in total. The molecule has 7 aromatic carbocycles. The minimum absolute atomic E-state index is 0.388. The van der Waals surface area contributed by atoms with Crippen molar-refractivity contribution in [3.63, 3.8) is 0 Å². The first-order chi connectivity index (χ1) is 29.5. The van der Waals surface area contributed by atoms with Crippen LogP contribution in [-0.2, 0) is 0 Å². The largest absolute Gasteiger partial charge is 0.308 e. The van der Waals surface area contributed by atoms with Crippen molar-refractivity contribution in [1.82, 2.24) is 14.1 Å². The third-order valence-corrected chi connectivity index (χ3v) is 11.0. The van der Waals surface area contributed by atoms with Gasteiger partial charge in [-0.15, -0.1) is 0 Å². The van der Waals surface area contributed by atoms with Gasteiger partial charge in [0.05, 0.1) is 103 Å². The monoisotopic (exact) mass is 762 g/mol. The standard InChI is InChI=1S/C52H26N8/c53-27-32-11-15-46-40(19-32)41-20-33(28-54)12-16-47(41)59(46)50-23-36(31-57)24-51(60-48-17-13-34(29-55)21-42(48)43-22-35(30-56)14-18-49(43)60)52(50)39-25-44(37-7-3-1-4-8-37)58-45(26-39)38-9-5-2-6-10-38/h1-26H. The van der Waals surface area contributed by atoms with Crippen molar-refractivity contribution >= 4 is 43.6 Å². The summed E-state index contributed by atoms with van der Waals surface area (Å²) in [7, 11) is 0. The third kappa shape index (κ3) is 5.61. The van der Waals surface area contributed by atoms with Gasteiger partial charge in [0.1, 0.15) is 0 Å². The maximum atomic E-state index is 10.8. The first kappa shape index (κ1) is 35.2. The normalized spacial score (nSPS) is 10.9. The van der Waals surface area contributed by atoms with E-state index in [1.54, 1.807) is 24.3 Å². The number of nitrogens with zero attached hydrogens (tertiary/aromatic N) is 8. The molecule has 0 saturated heterocycles. The Morgan fingerprint density at radius 1 is 0.333 bits per heavy atom. The summed E-state index contributed by atoms with van der Waals surface area (Å²) in [5.74, 6) is 0. The molecule has 10 aromatic rings. The summed E-state index contributed by atoms with van der Waals surface area (Å²) in [6.07, 6.45) is 0. The molecular formula is C52H26N8. The van der Waals surface area contributed by atoms with E-state index in [0.29, 0.717) is 39.2 Å². The van der Waals surface area contributed by atoms with E-state index in [1.165, 1.54) is 0 Å². The molecule has 0 aliphatic heterocycles. The quantitative estimate of drug-likeness (QED) is 0.171. The molecule has 0 atom stereocenters. The Labute approximate surface area is 343 Å². The van der Waals surface area contributed by atoms with Gasteiger partial charge in [0.25, 0.3) is 0 Å². The predicted molar refractivity (Wildman–Crippen MR) is 233 cm³/mol. The number of fused-ring (bicyclic) bond motifs is 6. The van der Waals surface area contributed by atoms with Crippen molar-refractivity contribution in [2.45, 2.75) is 0 Å². The molecule has 60 heavy (non-hydrogen) atoms. The van der Waals surface area contributed by atoms with Crippen LogP contribution in [0.5, 0.6) is 0 Å². The van der Waals surface area contributed by atoms with E-state index in [1.807, 2.05) is 121 Å². The van der Waals surface area contributed by atoms with Crippen LogP contribution < -0.4 is 0 Å². The fourth-order valence-electron chi connectivity index (χ4n) is 8.36. The number of hydrogen-bond donors (Lipinski definition) is 0. The molecule has 10 rings (SSSR count). The molecular weight excluding hydrogens is 737 g/mol. The lowest BCUT2D eigenvalue weighted by Crippen LogP contribution is -2.06. The van der Waals surface area contributed by atoms with Crippen LogP contribution in [0, 0.1) is 56.7 Å². The van der Waals surface area contributed by atoms with E-state index >= 15 is 0 Å². The van der Waals surface area contributed by atoms with Crippen molar-refractivity contribution in [3.05, 3.63) is 186 Å². The summed E-state index contributed by atoms with van der Waals surface area (Å²) < 4.78 is 4.21. The molecule has 0 aliphatic rings. The predicted octanol–water partition coefficient (Wildman–Crippen LogP) is 11.6. The molecule has 0 N–H and O–H groups in total. The van der Waals surface area contributed by atoms with E-state index in [9.17, 15) is 26.3 Å². The number of hydrogen-bond acceptors (Lipinski definition) is 6. The van der Waals surface area contributed by atoms with Gasteiger partial charge in [-0.1, -0.05) is 60.7 Å². The van der Waals surface area contributed by atoms with Crippen LogP contribution in [0.1, 0.15) is 27.8 Å². The van der Waals surface area contributed by atoms with Crippen LogP contribution >= 0.6 is 0 Å². The first-order valence-electron chi connectivity index (χ1n) is 19.0. The van der Waals surface area contributed by atoms with Crippen LogP contribution in [0.3, 0.4) is 0 Å². The maximum absolute atomic E-state index is 10.8. The van der Waals surface area contributed by atoms with Gasteiger partial charge in [-0.2, -0.15) is 26.3 Å². The molecule has 0 spiro atoms. The molecule has 0 unspecified atom stereocenters. The molecule has 0 aliphatic carbocycles. The molecule has 8 heteroatoms. The fourth-order valence-corrected chi connectivity index (χ4v) is 8.36. The second kappa shape index (κ2) is 14.0. The van der Waals surface area contributed by atoms with Crippen molar-refractivity contribution < 1.29 is 0 Å².